The number of anilines is 3. The van der Waals surface area contributed by atoms with Crippen LogP contribution in [0.3, 0.4) is 0 Å². The monoisotopic (exact) mass is 487 g/mol. The van der Waals surface area contributed by atoms with Crippen LogP contribution in [-0.4, -0.2) is 88.6 Å². The number of aromatic nitrogens is 3. The van der Waals surface area contributed by atoms with Gasteiger partial charge in [0.2, 0.25) is 0 Å². The van der Waals surface area contributed by atoms with Gasteiger partial charge in [0.15, 0.2) is 0 Å². The van der Waals surface area contributed by atoms with E-state index < -0.39 is 0 Å². The molecule has 2 aromatic heterocycles. The molecule has 1 unspecified atom stereocenters. The Hall–Kier alpha value is -1.73. The van der Waals surface area contributed by atoms with Crippen LogP contribution in [0.1, 0.15) is 30.7 Å². The molecule has 2 aromatic rings. The normalized spacial score (nSPS) is 17.4. The van der Waals surface area contributed by atoms with Crippen molar-refractivity contribution in [3.05, 3.63) is 30.1 Å². The summed E-state index contributed by atoms with van der Waals surface area (Å²) in [4.78, 5) is 18.7. The zero-order valence-corrected chi connectivity index (χ0v) is 20.5. The van der Waals surface area contributed by atoms with Gasteiger partial charge in [0.1, 0.15) is 0 Å². The first-order valence-corrected chi connectivity index (χ1v) is 13.8. The Labute approximate surface area is 191 Å². The summed E-state index contributed by atoms with van der Waals surface area (Å²) in [5.41, 5.74) is 7.97. The molecule has 168 valence electrons. The summed E-state index contributed by atoms with van der Waals surface area (Å²) in [6.45, 7) is 6.44. The van der Waals surface area contributed by atoms with E-state index >= 15 is 0 Å². The van der Waals surface area contributed by atoms with Gasteiger partial charge < -0.3 is 4.74 Å². The number of nitrogens with two attached hydrogens (primary N) is 1. The van der Waals surface area contributed by atoms with Gasteiger partial charge in [0, 0.05) is 13.1 Å². The predicted octanol–water partition coefficient (Wildman–Crippen LogP) is 1.09. The fourth-order valence-corrected chi connectivity index (χ4v) is 6.32. The van der Waals surface area contributed by atoms with Gasteiger partial charge in [-0.05, 0) is 0 Å². The third kappa shape index (κ3) is 6.62. The molecule has 0 aromatic carbocycles. The third-order valence-electron chi connectivity index (χ3n) is 5.76. The van der Waals surface area contributed by atoms with Crippen molar-refractivity contribution in [2.24, 2.45) is 5.73 Å². The Morgan fingerprint density at radius 1 is 1.23 bits per heavy atom. The molecule has 4 rings (SSSR count). The van der Waals surface area contributed by atoms with Crippen LogP contribution in [0.2, 0.25) is 5.21 Å². The summed E-state index contributed by atoms with van der Waals surface area (Å²) in [5, 5.41) is 4.54. The molecule has 8 nitrogen and oxygen atoms in total. The summed E-state index contributed by atoms with van der Waals surface area (Å²) in [7, 11) is 2.09. The Morgan fingerprint density at radius 2 is 2.06 bits per heavy atom. The summed E-state index contributed by atoms with van der Waals surface area (Å²) < 4.78 is 6.71. The molecule has 1 aliphatic carbocycles. The van der Waals surface area contributed by atoms with Crippen LogP contribution in [0, 0.1) is 0 Å². The van der Waals surface area contributed by atoms with Crippen LogP contribution < -0.4 is 20.4 Å². The average Bonchev–Trinajstić information content (AvgIpc) is 3.64. The minimum atomic E-state index is -0.265. The fraction of sp³-hybridized carbons (Fsp3) is 0.591. The molecular formula is C22H34AsN7O. The molecule has 1 aliphatic heterocycles. The van der Waals surface area contributed by atoms with Crippen LogP contribution in [0.25, 0.3) is 0 Å². The van der Waals surface area contributed by atoms with Gasteiger partial charge in [-0.25, -0.2) is 0 Å². The molecule has 1 saturated heterocycles. The van der Waals surface area contributed by atoms with Gasteiger partial charge in [-0.15, -0.1) is 0 Å². The second kappa shape index (κ2) is 11.2. The molecule has 1 saturated carbocycles. The number of morpholine rings is 1. The summed E-state index contributed by atoms with van der Waals surface area (Å²) >= 11 is -0.265. The molecule has 0 spiro atoms. The zero-order chi connectivity index (χ0) is 21.5. The van der Waals surface area contributed by atoms with Gasteiger partial charge in [-0.2, -0.15) is 0 Å². The number of rotatable bonds is 11. The molecule has 3 N–H and O–H groups in total. The molecule has 3 heterocycles. The van der Waals surface area contributed by atoms with Crippen molar-refractivity contribution in [2.75, 3.05) is 63.2 Å². The van der Waals surface area contributed by atoms with Crippen LogP contribution in [0.5, 0.6) is 0 Å². The molecule has 0 bridgehead atoms. The number of pyridine rings is 1. The molecule has 0 radical (unpaired) electrons. The fourth-order valence-electron chi connectivity index (χ4n) is 3.64. The molecule has 2 aliphatic rings. The summed E-state index contributed by atoms with van der Waals surface area (Å²) in [6.07, 6.45) is 7.53. The number of nitrogens with one attached hydrogen (secondary N) is 1. The first kappa shape index (κ1) is 22.5. The average molecular weight is 487 g/mol. The van der Waals surface area contributed by atoms with E-state index in [9.17, 15) is 0 Å². The second-order valence-electron chi connectivity index (χ2n) is 8.25. The van der Waals surface area contributed by atoms with Crippen molar-refractivity contribution < 1.29 is 4.74 Å². The van der Waals surface area contributed by atoms with Gasteiger partial charge in [0.25, 0.3) is 0 Å². The Bertz CT molecular complexity index is 825. The van der Waals surface area contributed by atoms with Crippen LogP contribution in [-0.2, 0) is 4.74 Å². The van der Waals surface area contributed by atoms with Gasteiger partial charge in [-0.1, -0.05) is 0 Å². The van der Waals surface area contributed by atoms with E-state index in [0.29, 0.717) is 11.9 Å². The Morgan fingerprint density at radius 3 is 2.77 bits per heavy atom. The first-order chi connectivity index (χ1) is 15.2. The van der Waals surface area contributed by atoms with Crippen molar-refractivity contribution in [3.8, 4) is 0 Å². The van der Waals surface area contributed by atoms with E-state index in [1.165, 1.54) is 28.1 Å². The van der Waals surface area contributed by atoms with Crippen molar-refractivity contribution in [1.82, 2.24) is 19.9 Å². The van der Waals surface area contributed by atoms with Gasteiger partial charge >= 0.3 is 161 Å². The zero-order valence-electron chi connectivity index (χ0n) is 18.4. The van der Waals surface area contributed by atoms with E-state index in [0.717, 1.165) is 63.9 Å². The molecule has 31 heavy (non-hydrogen) atoms. The maximum absolute atomic E-state index is 5.68. The molecule has 0 amide bonds. The van der Waals surface area contributed by atoms with E-state index in [1.54, 1.807) is 0 Å². The minimum absolute atomic E-state index is 0.265. The molecule has 1 atom stereocenters. The van der Waals surface area contributed by atoms with Crippen molar-refractivity contribution in [3.63, 3.8) is 0 Å². The Balaban J connectivity index is 1.34. The number of hydrogen-bond donors (Lipinski definition) is 2. The number of likely N-dealkylation sites (N-methyl/N-ethyl adjacent to an activating group) is 1. The van der Waals surface area contributed by atoms with Gasteiger partial charge in [0.05, 0.1) is 13.2 Å². The van der Waals surface area contributed by atoms with Crippen LogP contribution in [0.15, 0.2) is 24.5 Å². The number of ether oxygens (including phenoxy) is 1. The first-order valence-electron chi connectivity index (χ1n) is 11.3. The van der Waals surface area contributed by atoms with Crippen molar-refractivity contribution >= 4 is 37.7 Å². The van der Waals surface area contributed by atoms with E-state index in [1.807, 2.05) is 12.4 Å². The topological polar surface area (TPSA) is 92.4 Å². The van der Waals surface area contributed by atoms with Crippen molar-refractivity contribution in [1.29, 1.82) is 0 Å². The molecular weight excluding hydrogens is 453 g/mol. The molecule has 2 fully saturated rings. The van der Waals surface area contributed by atoms with E-state index in [-0.39, 0.29) is 15.8 Å². The standard InChI is InChI=1S/C22H34AsN7O/c1-29(9-10-30-11-13-31-14-12-30)20-6-5-18(15-25-20)27-22-26-16-19(17-3-4-17)21(28-22)23-7-2-8-24/h5-6,15-17,23H,2-4,7-14,24H2,1H3,(H,26,27,28). The van der Waals surface area contributed by atoms with Crippen LogP contribution in [0.4, 0.5) is 17.5 Å². The number of nitrogens with zero attached hydrogens (tertiary/aromatic N) is 5. The second-order valence-corrected chi connectivity index (χ2v) is 11.0. The summed E-state index contributed by atoms with van der Waals surface area (Å²) in [6, 6.07) is 4.10. The molecule has 9 heteroatoms. The van der Waals surface area contributed by atoms with E-state index in [2.05, 4.69) is 44.3 Å². The number of hydrogen-bond acceptors (Lipinski definition) is 8. The van der Waals surface area contributed by atoms with E-state index in [4.69, 9.17) is 15.5 Å². The Kier molecular flexibility index (Phi) is 8.14. The SMILES string of the molecule is CN(CCN1CCOCC1)c1ccc(Nc2ncc(C3CC3)c([AsH]CCCN)n2)cn1. The quantitative estimate of drug-likeness (QED) is 0.360. The summed E-state index contributed by atoms with van der Waals surface area (Å²) in [5.74, 6) is 2.32. The van der Waals surface area contributed by atoms with Crippen molar-refractivity contribution in [2.45, 2.75) is 30.4 Å². The van der Waals surface area contributed by atoms with Crippen LogP contribution >= 0.6 is 0 Å². The maximum atomic E-state index is 5.68. The third-order valence-corrected chi connectivity index (χ3v) is 8.57. The predicted molar refractivity (Wildman–Crippen MR) is 127 cm³/mol. The van der Waals surface area contributed by atoms with Gasteiger partial charge in [-0.3, -0.25) is 0 Å².